The van der Waals surface area contributed by atoms with E-state index in [-0.39, 0.29) is 0 Å². The van der Waals surface area contributed by atoms with Crippen LogP contribution in [0.5, 0.6) is 0 Å². The minimum atomic E-state index is 0.433. The molecule has 1 aliphatic heterocycles. The molecule has 2 aliphatic rings. The lowest BCUT2D eigenvalue weighted by molar-refractivity contribution is 0.0625. The summed E-state index contributed by atoms with van der Waals surface area (Å²) in [6.45, 7) is 9.44. The second kappa shape index (κ2) is 8.76. The summed E-state index contributed by atoms with van der Waals surface area (Å²) in [7, 11) is 2.18. The van der Waals surface area contributed by atoms with Crippen LogP contribution in [0.4, 0.5) is 0 Å². The first kappa shape index (κ1) is 17.6. The molecule has 0 radical (unpaired) electrons. The van der Waals surface area contributed by atoms with Gasteiger partial charge < -0.3 is 15.0 Å². The highest BCUT2D eigenvalue weighted by molar-refractivity contribution is 5.79. The number of rotatable bonds is 6. The third kappa shape index (κ3) is 5.45. The van der Waals surface area contributed by atoms with Crippen LogP contribution in [0.1, 0.15) is 58.8 Å². The van der Waals surface area contributed by atoms with Crippen molar-refractivity contribution in [3.63, 3.8) is 0 Å². The lowest BCUT2D eigenvalue weighted by atomic mass is 9.89. The van der Waals surface area contributed by atoms with E-state index in [0.717, 1.165) is 44.7 Å². The maximum atomic E-state index is 5.45. The number of hydrogen-bond acceptors (Lipinski definition) is 2. The average molecular weight is 309 g/mol. The van der Waals surface area contributed by atoms with Gasteiger partial charge in [0.25, 0.3) is 0 Å². The van der Waals surface area contributed by atoms with Crippen molar-refractivity contribution in [3.05, 3.63) is 0 Å². The van der Waals surface area contributed by atoms with Crippen molar-refractivity contribution >= 4 is 5.96 Å². The summed E-state index contributed by atoms with van der Waals surface area (Å²) >= 11 is 0. The summed E-state index contributed by atoms with van der Waals surface area (Å²) in [4.78, 5) is 7.25. The minimum Gasteiger partial charge on any atom is -0.381 e. The zero-order valence-electron chi connectivity index (χ0n) is 14.9. The number of nitrogens with one attached hydrogen (secondary N) is 1. The number of guanidine groups is 1. The Hall–Kier alpha value is -0.770. The van der Waals surface area contributed by atoms with Crippen LogP contribution in [-0.4, -0.2) is 50.8 Å². The van der Waals surface area contributed by atoms with Crippen molar-refractivity contribution in [1.29, 1.82) is 0 Å². The van der Waals surface area contributed by atoms with Gasteiger partial charge in [-0.1, -0.05) is 19.8 Å². The molecule has 1 aliphatic carbocycles. The van der Waals surface area contributed by atoms with Crippen molar-refractivity contribution in [2.75, 3.05) is 39.9 Å². The zero-order valence-corrected chi connectivity index (χ0v) is 14.9. The third-order valence-electron chi connectivity index (χ3n) is 5.33. The largest absolute Gasteiger partial charge is 0.381 e. The topological polar surface area (TPSA) is 36.9 Å². The molecule has 1 saturated heterocycles. The van der Waals surface area contributed by atoms with E-state index in [1.54, 1.807) is 0 Å². The van der Waals surface area contributed by atoms with Crippen LogP contribution in [0.15, 0.2) is 4.99 Å². The summed E-state index contributed by atoms with van der Waals surface area (Å²) in [5, 5.41) is 3.46. The number of hydrogen-bond donors (Lipinski definition) is 1. The van der Waals surface area contributed by atoms with Crippen LogP contribution in [0.2, 0.25) is 0 Å². The molecule has 0 unspecified atom stereocenters. The van der Waals surface area contributed by atoms with Gasteiger partial charge in [-0.3, -0.25) is 4.99 Å². The molecule has 0 aromatic heterocycles. The highest BCUT2D eigenvalue weighted by Gasteiger charge is 2.28. The van der Waals surface area contributed by atoms with Crippen molar-refractivity contribution in [2.45, 2.75) is 58.8 Å². The van der Waals surface area contributed by atoms with Gasteiger partial charge >= 0.3 is 0 Å². The van der Waals surface area contributed by atoms with E-state index in [1.165, 1.54) is 44.9 Å². The molecule has 2 fully saturated rings. The molecule has 0 atom stereocenters. The van der Waals surface area contributed by atoms with Gasteiger partial charge in [0.2, 0.25) is 0 Å². The molecular weight excluding hydrogens is 274 g/mol. The van der Waals surface area contributed by atoms with E-state index in [1.807, 2.05) is 0 Å². The molecule has 0 spiro atoms. The Morgan fingerprint density at radius 3 is 2.59 bits per heavy atom. The van der Waals surface area contributed by atoms with Crippen LogP contribution < -0.4 is 5.32 Å². The average Bonchev–Trinajstić information content (AvgIpc) is 2.97. The Balaban J connectivity index is 1.82. The highest BCUT2D eigenvalue weighted by atomic mass is 16.5. The predicted molar refractivity (Wildman–Crippen MR) is 93.3 cm³/mol. The second-order valence-electron chi connectivity index (χ2n) is 7.45. The molecule has 4 heteroatoms. The molecule has 1 heterocycles. The maximum absolute atomic E-state index is 5.45. The minimum absolute atomic E-state index is 0.433. The summed E-state index contributed by atoms with van der Waals surface area (Å²) in [6, 6.07) is 0. The van der Waals surface area contributed by atoms with Gasteiger partial charge in [0, 0.05) is 39.9 Å². The molecule has 1 saturated carbocycles. The molecule has 0 aromatic carbocycles. The van der Waals surface area contributed by atoms with Crippen LogP contribution in [0, 0.1) is 11.3 Å². The predicted octanol–water partition coefficient (Wildman–Crippen LogP) is 3.28. The fourth-order valence-electron chi connectivity index (χ4n) is 3.64. The fraction of sp³-hybridized carbons (Fsp3) is 0.944. The zero-order chi connectivity index (χ0) is 15.8. The molecular formula is C18H35N3O. The van der Waals surface area contributed by atoms with Gasteiger partial charge in [-0.2, -0.15) is 0 Å². The van der Waals surface area contributed by atoms with Crippen LogP contribution in [0.25, 0.3) is 0 Å². The van der Waals surface area contributed by atoms with Gasteiger partial charge in [0.15, 0.2) is 5.96 Å². The van der Waals surface area contributed by atoms with Crippen molar-refractivity contribution in [2.24, 2.45) is 16.3 Å². The highest BCUT2D eigenvalue weighted by Crippen LogP contribution is 2.37. The van der Waals surface area contributed by atoms with Gasteiger partial charge in [-0.05, 0) is 50.4 Å². The SMILES string of the molecule is CCNC(=NCC1(C)CCCC1)N(C)CCC1CCOCC1. The Morgan fingerprint density at radius 1 is 1.27 bits per heavy atom. The molecule has 1 N–H and O–H groups in total. The van der Waals surface area contributed by atoms with E-state index in [9.17, 15) is 0 Å². The first-order chi connectivity index (χ1) is 10.6. The smallest absolute Gasteiger partial charge is 0.193 e. The van der Waals surface area contributed by atoms with Crippen molar-refractivity contribution in [1.82, 2.24) is 10.2 Å². The molecule has 4 nitrogen and oxygen atoms in total. The van der Waals surface area contributed by atoms with Crippen molar-refractivity contribution in [3.8, 4) is 0 Å². The fourth-order valence-corrected chi connectivity index (χ4v) is 3.64. The molecule has 0 aromatic rings. The standard InChI is InChI=1S/C18H35N3O/c1-4-19-17(20-15-18(2)10-5-6-11-18)21(3)12-7-16-8-13-22-14-9-16/h16H,4-15H2,1-3H3,(H,19,20). The van der Waals surface area contributed by atoms with E-state index in [2.05, 4.69) is 31.1 Å². The number of aliphatic imine (C=N–C) groups is 1. The number of ether oxygens (including phenoxy) is 1. The monoisotopic (exact) mass is 309 g/mol. The molecule has 128 valence electrons. The van der Waals surface area contributed by atoms with Crippen LogP contribution >= 0.6 is 0 Å². The lowest BCUT2D eigenvalue weighted by Gasteiger charge is -2.28. The second-order valence-corrected chi connectivity index (χ2v) is 7.45. The van der Waals surface area contributed by atoms with E-state index >= 15 is 0 Å². The first-order valence-corrected chi connectivity index (χ1v) is 9.20. The molecule has 0 bridgehead atoms. The van der Waals surface area contributed by atoms with E-state index in [4.69, 9.17) is 9.73 Å². The summed E-state index contributed by atoms with van der Waals surface area (Å²) < 4.78 is 5.45. The normalized spacial score (nSPS) is 22.8. The van der Waals surface area contributed by atoms with Gasteiger partial charge in [-0.15, -0.1) is 0 Å². The molecule has 0 amide bonds. The van der Waals surface area contributed by atoms with Gasteiger partial charge in [-0.25, -0.2) is 0 Å². The van der Waals surface area contributed by atoms with Crippen LogP contribution in [-0.2, 0) is 4.74 Å². The van der Waals surface area contributed by atoms with Gasteiger partial charge in [0.05, 0.1) is 0 Å². The van der Waals surface area contributed by atoms with Crippen molar-refractivity contribution < 1.29 is 4.74 Å². The van der Waals surface area contributed by atoms with E-state index < -0.39 is 0 Å². The first-order valence-electron chi connectivity index (χ1n) is 9.20. The summed E-state index contributed by atoms with van der Waals surface area (Å²) in [6.07, 6.45) is 9.12. The third-order valence-corrected chi connectivity index (χ3v) is 5.33. The Kier molecular flexibility index (Phi) is 7.00. The van der Waals surface area contributed by atoms with Crippen LogP contribution in [0.3, 0.4) is 0 Å². The Bertz CT molecular complexity index is 344. The Labute approximate surface area is 136 Å². The van der Waals surface area contributed by atoms with E-state index in [0.29, 0.717) is 5.41 Å². The molecule has 2 rings (SSSR count). The lowest BCUT2D eigenvalue weighted by Crippen LogP contribution is -2.40. The Morgan fingerprint density at radius 2 is 1.95 bits per heavy atom. The summed E-state index contributed by atoms with van der Waals surface area (Å²) in [5.41, 5.74) is 0.433. The summed E-state index contributed by atoms with van der Waals surface area (Å²) in [5.74, 6) is 1.91. The maximum Gasteiger partial charge on any atom is 0.193 e. The number of nitrogens with zero attached hydrogens (tertiary/aromatic N) is 2. The molecule has 22 heavy (non-hydrogen) atoms. The quantitative estimate of drug-likeness (QED) is 0.604. The van der Waals surface area contributed by atoms with Gasteiger partial charge in [0.1, 0.15) is 0 Å².